The van der Waals surface area contributed by atoms with E-state index in [1.165, 1.54) is 6.07 Å². The molecule has 1 aromatic rings. The van der Waals surface area contributed by atoms with Crippen LogP contribution in [0.5, 0.6) is 5.75 Å². The molecule has 7 nitrogen and oxygen atoms in total. The number of ether oxygens (including phenoxy) is 1. The molecule has 0 fully saturated rings. The zero-order valence-corrected chi connectivity index (χ0v) is 20.9. The Kier molecular flexibility index (Phi) is 10.4. The highest BCUT2D eigenvalue weighted by Crippen LogP contribution is 2.42. The predicted octanol–water partition coefficient (Wildman–Crippen LogP) is 6.26. The van der Waals surface area contributed by atoms with Crippen LogP contribution in [0.2, 0.25) is 0 Å². The topological polar surface area (TPSA) is 121 Å². The molecule has 0 aliphatic carbocycles. The maximum absolute atomic E-state index is 12.3. The van der Waals surface area contributed by atoms with E-state index in [0.29, 0.717) is 29.9 Å². The van der Waals surface area contributed by atoms with Gasteiger partial charge in [-0.25, -0.2) is 9.59 Å². The molecular weight excluding hydrogens is 424 g/mol. The van der Waals surface area contributed by atoms with E-state index < -0.39 is 28.7 Å². The first kappa shape index (κ1) is 28.5. The average molecular weight is 465 g/mol. The van der Waals surface area contributed by atoms with Gasteiger partial charge in [-0.15, -0.1) is 0 Å². The Morgan fingerprint density at radius 1 is 0.727 bits per heavy atom. The second-order valence-electron chi connectivity index (χ2n) is 10.6. The van der Waals surface area contributed by atoms with Gasteiger partial charge in [-0.3, -0.25) is 4.79 Å². The zero-order chi connectivity index (χ0) is 25.4. The lowest BCUT2D eigenvalue weighted by atomic mass is 9.73. The Labute approximate surface area is 197 Å². The number of hydrogen-bond acceptors (Lipinski definition) is 4. The van der Waals surface area contributed by atoms with Crippen molar-refractivity contribution in [3.8, 4) is 5.75 Å². The van der Waals surface area contributed by atoms with Crippen LogP contribution in [0, 0.1) is 0 Å². The van der Waals surface area contributed by atoms with Gasteiger partial charge in [0.1, 0.15) is 5.75 Å². The van der Waals surface area contributed by atoms with Crippen LogP contribution >= 0.6 is 0 Å². The molecule has 186 valence electrons. The monoisotopic (exact) mass is 464 g/mol. The molecule has 0 atom stereocenters. The molecule has 0 saturated heterocycles. The summed E-state index contributed by atoms with van der Waals surface area (Å²) in [5.74, 6) is -2.76. The molecule has 0 heterocycles. The summed E-state index contributed by atoms with van der Waals surface area (Å²) >= 11 is 0. The Morgan fingerprint density at radius 3 is 1.64 bits per heavy atom. The number of benzene rings is 1. The highest BCUT2D eigenvalue weighted by atomic mass is 16.5. The highest BCUT2D eigenvalue weighted by molar-refractivity contribution is 6.00. The standard InChI is InChI=1S/C26H40O7/c1-25(2,3)21-17(23(29)30)16-18(22(26(4,5)6)20(21)24(31)32)33-15-13-11-9-7-8-10-12-14-19(27)28/h16H,7-15H2,1-6H3,(H,27,28)(H,29,30)(H,31,32). The van der Waals surface area contributed by atoms with E-state index in [1.54, 1.807) is 0 Å². The van der Waals surface area contributed by atoms with Gasteiger partial charge in [0.25, 0.3) is 0 Å². The van der Waals surface area contributed by atoms with Crippen molar-refractivity contribution in [1.82, 2.24) is 0 Å². The summed E-state index contributed by atoms with van der Waals surface area (Å²) < 4.78 is 5.99. The van der Waals surface area contributed by atoms with Gasteiger partial charge in [-0.05, 0) is 35.3 Å². The minimum atomic E-state index is -1.17. The SMILES string of the molecule is CC(C)(C)c1c(OCCCCCCCCCC(=O)O)cc(C(=O)O)c(C(C)(C)C)c1C(=O)O. The van der Waals surface area contributed by atoms with Crippen LogP contribution in [0.3, 0.4) is 0 Å². The Morgan fingerprint density at radius 2 is 1.21 bits per heavy atom. The van der Waals surface area contributed by atoms with Gasteiger partial charge in [0.2, 0.25) is 0 Å². The molecule has 0 aliphatic heterocycles. The number of carboxylic acids is 3. The van der Waals surface area contributed by atoms with E-state index in [0.717, 1.165) is 38.5 Å². The Bertz CT molecular complexity index is 842. The fraction of sp³-hybridized carbons (Fsp3) is 0.654. The number of rotatable bonds is 13. The average Bonchev–Trinajstić information content (AvgIpc) is 2.66. The molecule has 0 radical (unpaired) electrons. The second-order valence-corrected chi connectivity index (χ2v) is 10.6. The van der Waals surface area contributed by atoms with Gasteiger partial charge in [0.05, 0.1) is 17.7 Å². The van der Waals surface area contributed by atoms with Crippen molar-refractivity contribution in [2.75, 3.05) is 6.61 Å². The largest absolute Gasteiger partial charge is 0.493 e. The molecule has 33 heavy (non-hydrogen) atoms. The summed E-state index contributed by atoms with van der Waals surface area (Å²) in [5, 5.41) is 28.6. The lowest BCUT2D eigenvalue weighted by Crippen LogP contribution is -2.28. The Balaban J connectivity index is 3.00. The van der Waals surface area contributed by atoms with E-state index in [9.17, 15) is 24.6 Å². The zero-order valence-electron chi connectivity index (χ0n) is 20.9. The van der Waals surface area contributed by atoms with Gasteiger partial charge < -0.3 is 20.1 Å². The summed E-state index contributed by atoms with van der Waals surface area (Å²) in [4.78, 5) is 34.9. The van der Waals surface area contributed by atoms with Crippen molar-refractivity contribution in [3.63, 3.8) is 0 Å². The van der Waals surface area contributed by atoms with Crippen LogP contribution in [0.4, 0.5) is 0 Å². The predicted molar refractivity (Wildman–Crippen MR) is 128 cm³/mol. The molecule has 0 aromatic heterocycles. The van der Waals surface area contributed by atoms with Gasteiger partial charge in [-0.2, -0.15) is 0 Å². The number of carboxylic acid groups (broad SMARTS) is 3. The van der Waals surface area contributed by atoms with Crippen molar-refractivity contribution in [2.45, 2.75) is 104 Å². The molecule has 0 bridgehead atoms. The maximum Gasteiger partial charge on any atom is 0.336 e. The third kappa shape index (κ3) is 8.71. The van der Waals surface area contributed by atoms with E-state index in [4.69, 9.17) is 9.84 Å². The molecule has 0 unspecified atom stereocenters. The smallest absolute Gasteiger partial charge is 0.336 e. The van der Waals surface area contributed by atoms with Crippen molar-refractivity contribution in [1.29, 1.82) is 0 Å². The van der Waals surface area contributed by atoms with E-state index in [-0.39, 0.29) is 17.5 Å². The number of carbonyl (C=O) groups is 3. The summed E-state index contributed by atoms with van der Waals surface area (Å²) in [5.41, 5.74) is -0.429. The summed E-state index contributed by atoms with van der Waals surface area (Å²) in [6, 6.07) is 1.48. The van der Waals surface area contributed by atoms with Crippen molar-refractivity contribution >= 4 is 17.9 Å². The summed E-state index contributed by atoms with van der Waals surface area (Å²) in [7, 11) is 0. The van der Waals surface area contributed by atoms with E-state index in [1.807, 2.05) is 41.5 Å². The Hall–Kier alpha value is -2.57. The highest BCUT2D eigenvalue weighted by Gasteiger charge is 2.36. The first-order valence-electron chi connectivity index (χ1n) is 11.7. The first-order chi connectivity index (χ1) is 15.2. The van der Waals surface area contributed by atoms with E-state index >= 15 is 0 Å². The third-order valence-corrected chi connectivity index (χ3v) is 5.53. The van der Waals surface area contributed by atoms with Crippen LogP contribution < -0.4 is 4.74 Å². The molecule has 3 N–H and O–H groups in total. The van der Waals surface area contributed by atoms with Crippen LogP contribution in [0.25, 0.3) is 0 Å². The molecule has 0 saturated carbocycles. The fourth-order valence-corrected chi connectivity index (χ4v) is 4.12. The van der Waals surface area contributed by atoms with Gasteiger partial charge >= 0.3 is 17.9 Å². The molecule has 0 aliphatic rings. The molecule has 1 rings (SSSR count). The normalized spacial score (nSPS) is 11.9. The summed E-state index contributed by atoms with van der Waals surface area (Å²) in [6.07, 6.45) is 6.57. The van der Waals surface area contributed by atoms with Crippen molar-refractivity contribution < 1.29 is 34.4 Å². The third-order valence-electron chi connectivity index (χ3n) is 5.53. The van der Waals surface area contributed by atoms with Gasteiger partial charge in [-0.1, -0.05) is 73.6 Å². The second kappa shape index (κ2) is 12.1. The van der Waals surface area contributed by atoms with Crippen LogP contribution in [-0.4, -0.2) is 39.8 Å². The van der Waals surface area contributed by atoms with Crippen LogP contribution in [0.1, 0.15) is 125 Å². The number of aliphatic carboxylic acids is 1. The maximum atomic E-state index is 12.3. The number of hydrogen-bond donors (Lipinski definition) is 3. The molecule has 7 heteroatoms. The lowest BCUT2D eigenvalue weighted by molar-refractivity contribution is -0.137. The van der Waals surface area contributed by atoms with Crippen molar-refractivity contribution in [3.05, 3.63) is 28.3 Å². The van der Waals surface area contributed by atoms with Crippen LogP contribution in [0.15, 0.2) is 6.07 Å². The summed E-state index contributed by atoms with van der Waals surface area (Å²) in [6.45, 7) is 11.5. The molecule has 1 aromatic carbocycles. The fourth-order valence-electron chi connectivity index (χ4n) is 4.12. The minimum Gasteiger partial charge on any atom is -0.493 e. The quantitative estimate of drug-likeness (QED) is 0.294. The van der Waals surface area contributed by atoms with Crippen molar-refractivity contribution in [2.24, 2.45) is 0 Å². The van der Waals surface area contributed by atoms with Gasteiger partial charge in [0, 0.05) is 12.0 Å². The first-order valence-corrected chi connectivity index (χ1v) is 11.7. The molecular formula is C26H40O7. The van der Waals surface area contributed by atoms with Gasteiger partial charge in [0.15, 0.2) is 0 Å². The van der Waals surface area contributed by atoms with Crippen LogP contribution in [-0.2, 0) is 15.6 Å². The minimum absolute atomic E-state index is 0.0197. The lowest BCUT2D eigenvalue weighted by Gasteiger charge is -2.31. The molecule has 0 amide bonds. The number of aromatic carboxylic acids is 2. The molecule has 0 spiro atoms. The number of unbranched alkanes of at least 4 members (excludes halogenated alkanes) is 6. The van der Waals surface area contributed by atoms with E-state index in [2.05, 4.69) is 0 Å².